The second-order valence-electron chi connectivity index (χ2n) is 6.99. The number of aliphatic hydroxyl groups excluding tert-OH is 1. The zero-order valence-corrected chi connectivity index (χ0v) is 18.4. The van der Waals surface area contributed by atoms with Gasteiger partial charge >= 0.3 is 0 Å². The van der Waals surface area contributed by atoms with Crippen LogP contribution in [-0.2, 0) is 19.5 Å². The van der Waals surface area contributed by atoms with E-state index in [9.17, 15) is 13.9 Å². The second kappa shape index (κ2) is 8.66. The summed E-state index contributed by atoms with van der Waals surface area (Å²) in [6, 6.07) is 3.81. The number of hydrogen-bond acceptors (Lipinski definition) is 6. The third-order valence-corrected chi connectivity index (χ3v) is 6.35. The number of thiophene rings is 1. The van der Waals surface area contributed by atoms with Gasteiger partial charge in [-0.25, -0.2) is 18.7 Å². The summed E-state index contributed by atoms with van der Waals surface area (Å²) >= 11 is 7.20. The predicted octanol–water partition coefficient (Wildman–Crippen LogP) is 4.46. The summed E-state index contributed by atoms with van der Waals surface area (Å²) in [5.74, 6) is -0.596. The van der Waals surface area contributed by atoms with Crippen LogP contribution in [0, 0.1) is 11.6 Å². The van der Waals surface area contributed by atoms with Gasteiger partial charge in [-0.1, -0.05) is 11.6 Å². The highest BCUT2D eigenvalue weighted by atomic mass is 35.5. The average Bonchev–Trinajstić information content (AvgIpc) is 3.37. The quantitative estimate of drug-likeness (QED) is 0.434. The van der Waals surface area contributed by atoms with E-state index in [1.807, 2.05) is 16.1 Å². The third kappa shape index (κ3) is 3.87. The Balaban J connectivity index is 0.00000231. The molecule has 0 unspecified atom stereocenters. The molecule has 162 valence electrons. The molecule has 0 saturated heterocycles. The fraction of sp³-hybridized carbons (Fsp3) is 0.250. The molecule has 0 atom stereocenters. The smallest absolute Gasteiger partial charge is 0.165 e. The lowest BCUT2D eigenvalue weighted by molar-refractivity contribution is 0.267. The van der Waals surface area contributed by atoms with Crippen molar-refractivity contribution in [3.05, 3.63) is 57.7 Å². The topological polar surface area (TPSA) is 67.1 Å². The van der Waals surface area contributed by atoms with Crippen LogP contribution in [0.2, 0.25) is 5.02 Å². The van der Waals surface area contributed by atoms with Gasteiger partial charge in [-0.2, -0.15) is 5.10 Å². The van der Waals surface area contributed by atoms with E-state index in [0.717, 1.165) is 34.5 Å². The van der Waals surface area contributed by atoms with E-state index >= 15 is 0 Å². The van der Waals surface area contributed by atoms with E-state index in [1.165, 1.54) is 11.3 Å². The molecule has 1 aromatic carbocycles. The maximum Gasteiger partial charge on any atom is 0.165 e. The van der Waals surface area contributed by atoms with Crippen molar-refractivity contribution in [2.24, 2.45) is 0 Å². The van der Waals surface area contributed by atoms with Crippen LogP contribution < -0.4 is 4.90 Å². The second-order valence-corrected chi connectivity index (χ2v) is 8.31. The molecule has 0 bridgehead atoms. The molecule has 3 aromatic heterocycles. The molecule has 5 rings (SSSR count). The van der Waals surface area contributed by atoms with Crippen LogP contribution >= 0.6 is 35.3 Å². The summed E-state index contributed by atoms with van der Waals surface area (Å²) in [6.07, 6.45) is 2.55. The highest BCUT2D eigenvalue weighted by Crippen LogP contribution is 2.35. The fourth-order valence-electron chi connectivity index (χ4n) is 3.74. The maximum absolute atomic E-state index is 14.5. The predicted molar refractivity (Wildman–Crippen MR) is 119 cm³/mol. The first-order valence-electron chi connectivity index (χ1n) is 9.34. The van der Waals surface area contributed by atoms with E-state index in [1.54, 1.807) is 6.20 Å². The summed E-state index contributed by atoms with van der Waals surface area (Å²) < 4.78 is 31.2. The maximum atomic E-state index is 14.5. The normalized spacial score (nSPS) is 13.4. The highest BCUT2D eigenvalue weighted by molar-refractivity contribution is 7.17. The van der Waals surface area contributed by atoms with E-state index in [0.29, 0.717) is 31.0 Å². The number of rotatable bonds is 4. The Labute approximate surface area is 191 Å². The molecule has 1 aliphatic heterocycles. The minimum Gasteiger partial charge on any atom is -0.394 e. The molecular weight excluding hydrogens is 467 g/mol. The molecule has 31 heavy (non-hydrogen) atoms. The molecule has 0 spiro atoms. The van der Waals surface area contributed by atoms with Gasteiger partial charge in [-0.15, -0.1) is 23.7 Å². The van der Waals surface area contributed by atoms with Gasteiger partial charge < -0.3 is 10.0 Å². The number of anilines is 1. The summed E-state index contributed by atoms with van der Waals surface area (Å²) in [7, 11) is 0. The van der Waals surface area contributed by atoms with Crippen LogP contribution in [0.3, 0.4) is 0 Å². The molecule has 0 amide bonds. The number of hydrogen-bond donors (Lipinski definition) is 1. The monoisotopic (exact) mass is 483 g/mol. The minimum absolute atomic E-state index is 0. The number of aliphatic hydroxyl groups is 1. The van der Waals surface area contributed by atoms with Gasteiger partial charge in [-0.05, 0) is 23.6 Å². The van der Waals surface area contributed by atoms with Crippen molar-refractivity contribution in [1.82, 2.24) is 19.7 Å². The Morgan fingerprint density at radius 3 is 2.84 bits per heavy atom. The minimum atomic E-state index is -0.720. The molecule has 0 aliphatic carbocycles. The molecule has 0 radical (unpaired) electrons. The van der Waals surface area contributed by atoms with Crippen molar-refractivity contribution >= 4 is 51.4 Å². The summed E-state index contributed by atoms with van der Waals surface area (Å²) in [5.41, 5.74) is 2.81. The highest BCUT2D eigenvalue weighted by Gasteiger charge is 2.25. The Kier molecular flexibility index (Phi) is 6.11. The van der Waals surface area contributed by atoms with Crippen LogP contribution in [0.25, 0.3) is 21.6 Å². The molecule has 0 saturated carbocycles. The zero-order valence-electron chi connectivity index (χ0n) is 16.1. The lowest BCUT2D eigenvalue weighted by Gasteiger charge is -2.29. The first-order valence-corrected chi connectivity index (χ1v) is 10.6. The Bertz CT molecular complexity index is 1260. The standard InChI is InChI=1S/C20H16ClF2N5OS.ClH/c21-13-8-14(22)12(7-15(13)23)19-25-16-2-6-30-18(16)20(26-19)27-3-1-17-11(10-27)9-24-28(17)4-5-29;/h2,6-9,29H,1,3-5,10H2;1H. The molecular formula is C20H17Cl2F2N5OS. The van der Waals surface area contributed by atoms with E-state index in [2.05, 4.69) is 20.0 Å². The van der Waals surface area contributed by atoms with Gasteiger partial charge in [-0.3, -0.25) is 4.68 Å². The number of aromatic nitrogens is 4. The van der Waals surface area contributed by atoms with Gasteiger partial charge in [0.2, 0.25) is 0 Å². The molecule has 11 heteroatoms. The van der Waals surface area contributed by atoms with Crippen molar-refractivity contribution < 1.29 is 13.9 Å². The number of nitrogens with zero attached hydrogens (tertiary/aromatic N) is 5. The van der Waals surface area contributed by atoms with Crippen LogP contribution in [0.1, 0.15) is 11.3 Å². The van der Waals surface area contributed by atoms with Gasteiger partial charge in [0, 0.05) is 30.8 Å². The number of fused-ring (bicyclic) bond motifs is 2. The van der Waals surface area contributed by atoms with E-state index in [-0.39, 0.29) is 35.4 Å². The Hall–Kier alpha value is -2.33. The van der Waals surface area contributed by atoms with Crippen LogP contribution in [0.5, 0.6) is 0 Å². The van der Waals surface area contributed by atoms with E-state index in [4.69, 9.17) is 11.6 Å². The van der Waals surface area contributed by atoms with Crippen molar-refractivity contribution in [2.75, 3.05) is 18.1 Å². The lowest BCUT2D eigenvalue weighted by atomic mass is 10.1. The Morgan fingerprint density at radius 2 is 2.03 bits per heavy atom. The third-order valence-electron chi connectivity index (χ3n) is 5.16. The summed E-state index contributed by atoms with van der Waals surface area (Å²) in [6.45, 7) is 1.77. The average molecular weight is 484 g/mol. The molecule has 4 heterocycles. The van der Waals surface area contributed by atoms with Crippen molar-refractivity contribution in [3.63, 3.8) is 0 Å². The lowest BCUT2D eigenvalue weighted by Crippen LogP contribution is -2.32. The first-order chi connectivity index (χ1) is 14.5. The van der Waals surface area contributed by atoms with Gasteiger partial charge in [0.1, 0.15) is 11.6 Å². The number of benzene rings is 1. The number of halogens is 4. The Morgan fingerprint density at radius 1 is 1.19 bits per heavy atom. The SMILES string of the molecule is Cl.OCCn1ncc2c1CCN(c1nc(-c3cc(F)c(Cl)cc3F)nc3ccsc13)C2. The molecule has 1 aliphatic rings. The zero-order chi connectivity index (χ0) is 20.8. The largest absolute Gasteiger partial charge is 0.394 e. The molecule has 6 nitrogen and oxygen atoms in total. The van der Waals surface area contributed by atoms with Crippen molar-refractivity contribution in [2.45, 2.75) is 19.5 Å². The summed E-state index contributed by atoms with van der Waals surface area (Å²) in [5, 5.41) is 15.2. The van der Waals surface area contributed by atoms with E-state index < -0.39 is 11.6 Å². The fourth-order valence-corrected chi connectivity index (χ4v) is 4.74. The van der Waals surface area contributed by atoms with Gasteiger partial charge in [0.15, 0.2) is 11.6 Å². The molecule has 0 fully saturated rings. The van der Waals surface area contributed by atoms with Crippen molar-refractivity contribution in [3.8, 4) is 11.4 Å². The molecule has 1 N–H and O–H groups in total. The van der Waals surface area contributed by atoms with Gasteiger partial charge in [0.05, 0.1) is 40.2 Å². The van der Waals surface area contributed by atoms with Crippen LogP contribution in [-0.4, -0.2) is 38.0 Å². The first kappa shape index (κ1) is 21.9. The van der Waals surface area contributed by atoms with Gasteiger partial charge in [0.25, 0.3) is 0 Å². The van der Waals surface area contributed by atoms with Crippen molar-refractivity contribution in [1.29, 1.82) is 0 Å². The van der Waals surface area contributed by atoms with Crippen LogP contribution in [0.4, 0.5) is 14.6 Å². The van der Waals surface area contributed by atoms with Crippen LogP contribution in [0.15, 0.2) is 29.8 Å². The molecule has 4 aromatic rings. The summed E-state index contributed by atoms with van der Waals surface area (Å²) in [4.78, 5) is 11.2.